The number of hydrogen-bond acceptors (Lipinski definition) is 1. The summed E-state index contributed by atoms with van der Waals surface area (Å²) in [5.74, 6) is 3.92. The fourth-order valence-corrected chi connectivity index (χ4v) is 5.23. The van der Waals surface area contributed by atoms with Gasteiger partial charge in [0.1, 0.15) is 0 Å². The lowest BCUT2D eigenvalue weighted by molar-refractivity contribution is 0.217. The van der Waals surface area contributed by atoms with E-state index >= 15 is 0 Å². The molecule has 0 aromatic carbocycles. The molecule has 2 fully saturated rings. The van der Waals surface area contributed by atoms with Gasteiger partial charge in [-0.1, -0.05) is 19.8 Å². The number of hydrogen-bond donors (Lipinski definition) is 1. The Morgan fingerprint density at radius 1 is 1.00 bits per heavy atom. The minimum atomic E-state index is 0.832. The van der Waals surface area contributed by atoms with Gasteiger partial charge in [-0.05, 0) is 61.9 Å². The Labute approximate surface area is 105 Å². The van der Waals surface area contributed by atoms with Crippen molar-refractivity contribution in [2.75, 3.05) is 0 Å². The molecule has 0 radical (unpaired) electrons. The first kappa shape index (κ1) is 10.5. The van der Waals surface area contributed by atoms with Gasteiger partial charge in [-0.3, -0.25) is 0 Å². The average molecular weight is 231 g/mol. The molecule has 0 amide bonds. The molecule has 5 atom stereocenters. The van der Waals surface area contributed by atoms with Gasteiger partial charge < -0.3 is 5.32 Å². The van der Waals surface area contributed by atoms with Gasteiger partial charge in [0.25, 0.3) is 0 Å². The van der Waals surface area contributed by atoms with E-state index in [0.717, 1.165) is 29.7 Å². The second-order valence-corrected chi connectivity index (χ2v) is 7.06. The summed E-state index contributed by atoms with van der Waals surface area (Å²) in [4.78, 5) is 0. The average Bonchev–Trinajstić information content (AvgIpc) is 2.84. The summed E-state index contributed by atoms with van der Waals surface area (Å²) in [5, 5.41) is 3.91. The summed E-state index contributed by atoms with van der Waals surface area (Å²) in [7, 11) is 0. The zero-order valence-corrected chi connectivity index (χ0v) is 11.0. The van der Waals surface area contributed by atoms with Crippen molar-refractivity contribution in [3.8, 4) is 0 Å². The molecule has 0 bridgehead atoms. The van der Waals surface area contributed by atoms with Crippen molar-refractivity contribution in [3.05, 3.63) is 11.3 Å². The second-order valence-electron chi connectivity index (χ2n) is 7.06. The van der Waals surface area contributed by atoms with E-state index in [-0.39, 0.29) is 0 Å². The second kappa shape index (κ2) is 3.76. The third-order valence-corrected chi connectivity index (χ3v) is 5.99. The maximum Gasteiger partial charge on any atom is 0.0324 e. The molecule has 0 aromatic rings. The third-order valence-electron chi connectivity index (χ3n) is 5.99. The summed E-state index contributed by atoms with van der Waals surface area (Å²) in [5.41, 5.74) is 3.64. The maximum absolute atomic E-state index is 3.91. The first-order valence-corrected chi connectivity index (χ1v) is 7.82. The Balaban J connectivity index is 1.61. The van der Waals surface area contributed by atoms with Crippen LogP contribution in [0.15, 0.2) is 11.3 Å². The van der Waals surface area contributed by atoms with Gasteiger partial charge in [0.2, 0.25) is 0 Å². The van der Waals surface area contributed by atoms with Crippen LogP contribution in [-0.4, -0.2) is 6.04 Å². The lowest BCUT2D eigenvalue weighted by Gasteiger charge is -2.37. The van der Waals surface area contributed by atoms with Crippen LogP contribution in [0.25, 0.3) is 0 Å². The predicted octanol–water partition coefficient (Wildman–Crippen LogP) is 3.86. The largest absolute Gasteiger partial charge is 0.385 e. The lowest BCUT2D eigenvalue weighted by Crippen LogP contribution is -2.37. The number of nitrogens with one attached hydrogen (secondary N) is 1. The highest BCUT2D eigenvalue weighted by Crippen LogP contribution is 2.53. The maximum atomic E-state index is 3.91. The normalized spacial score (nSPS) is 48.4. The summed E-state index contributed by atoms with van der Waals surface area (Å²) >= 11 is 0. The molecule has 94 valence electrons. The zero-order valence-electron chi connectivity index (χ0n) is 11.0. The van der Waals surface area contributed by atoms with Crippen LogP contribution >= 0.6 is 0 Å². The molecule has 0 saturated heterocycles. The summed E-state index contributed by atoms with van der Waals surface area (Å²) in [6.45, 7) is 2.46. The van der Waals surface area contributed by atoms with Crippen LogP contribution in [-0.2, 0) is 0 Å². The number of rotatable bonds is 0. The topological polar surface area (TPSA) is 12.0 Å². The van der Waals surface area contributed by atoms with Gasteiger partial charge in [0.05, 0.1) is 0 Å². The van der Waals surface area contributed by atoms with Gasteiger partial charge in [-0.15, -0.1) is 0 Å². The first-order chi connectivity index (χ1) is 8.33. The first-order valence-electron chi connectivity index (χ1n) is 7.82. The molecule has 1 heteroatoms. The van der Waals surface area contributed by atoms with Gasteiger partial charge in [0.15, 0.2) is 0 Å². The zero-order chi connectivity index (χ0) is 11.4. The highest BCUT2D eigenvalue weighted by molar-refractivity contribution is 5.33. The molecule has 5 unspecified atom stereocenters. The van der Waals surface area contributed by atoms with Gasteiger partial charge in [-0.25, -0.2) is 0 Å². The molecule has 2 saturated carbocycles. The third kappa shape index (κ3) is 1.50. The Morgan fingerprint density at radius 3 is 2.82 bits per heavy atom. The molecule has 4 rings (SSSR count). The van der Waals surface area contributed by atoms with E-state index in [9.17, 15) is 0 Å². The van der Waals surface area contributed by atoms with E-state index in [2.05, 4.69) is 12.2 Å². The van der Waals surface area contributed by atoms with Crippen LogP contribution < -0.4 is 5.32 Å². The number of allylic oxidation sites excluding steroid dienone is 1. The van der Waals surface area contributed by atoms with Crippen LogP contribution in [0.5, 0.6) is 0 Å². The van der Waals surface area contributed by atoms with E-state index in [4.69, 9.17) is 0 Å². The standard InChI is InChI=1S/C16H25N/c1-10-6-7-14-13(8-10)16-12-5-3-2-4-11(12)9-15(16)17-14/h10-14,17H,2-9H2,1H3. The van der Waals surface area contributed by atoms with Crippen molar-refractivity contribution in [2.24, 2.45) is 23.7 Å². The monoisotopic (exact) mass is 231 g/mol. The Morgan fingerprint density at radius 2 is 1.88 bits per heavy atom. The van der Waals surface area contributed by atoms with Crippen LogP contribution in [0.2, 0.25) is 0 Å². The summed E-state index contributed by atoms with van der Waals surface area (Å²) < 4.78 is 0. The molecule has 3 aliphatic carbocycles. The Kier molecular flexibility index (Phi) is 2.32. The van der Waals surface area contributed by atoms with Crippen molar-refractivity contribution in [1.82, 2.24) is 5.32 Å². The molecule has 0 spiro atoms. The molecular weight excluding hydrogens is 206 g/mol. The molecule has 1 nitrogen and oxygen atoms in total. The van der Waals surface area contributed by atoms with Crippen molar-refractivity contribution >= 4 is 0 Å². The van der Waals surface area contributed by atoms with Gasteiger partial charge in [0, 0.05) is 17.7 Å². The van der Waals surface area contributed by atoms with Gasteiger partial charge >= 0.3 is 0 Å². The molecule has 0 aromatic heterocycles. The Hall–Kier alpha value is -0.460. The minimum absolute atomic E-state index is 0.832. The Bertz CT molecular complexity index is 357. The van der Waals surface area contributed by atoms with Crippen LogP contribution in [0.3, 0.4) is 0 Å². The van der Waals surface area contributed by atoms with E-state index in [1.54, 1.807) is 5.70 Å². The van der Waals surface area contributed by atoms with Crippen molar-refractivity contribution in [2.45, 2.75) is 64.3 Å². The molecule has 1 aliphatic heterocycles. The smallest absolute Gasteiger partial charge is 0.0324 e. The quantitative estimate of drug-likeness (QED) is 0.667. The molecule has 1 N–H and O–H groups in total. The van der Waals surface area contributed by atoms with E-state index in [1.807, 2.05) is 5.57 Å². The van der Waals surface area contributed by atoms with E-state index in [0.29, 0.717) is 0 Å². The van der Waals surface area contributed by atoms with Crippen molar-refractivity contribution < 1.29 is 0 Å². The van der Waals surface area contributed by atoms with E-state index in [1.165, 1.54) is 51.4 Å². The van der Waals surface area contributed by atoms with Crippen molar-refractivity contribution in [1.29, 1.82) is 0 Å². The van der Waals surface area contributed by atoms with Gasteiger partial charge in [-0.2, -0.15) is 0 Å². The SMILES string of the molecule is CC1CCC2NC3=C(C4CCCCC4C3)C2C1. The molecular formula is C16H25N. The molecule has 1 heterocycles. The minimum Gasteiger partial charge on any atom is -0.385 e. The van der Waals surface area contributed by atoms with Crippen LogP contribution in [0, 0.1) is 23.7 Å². The fourth-order valence-electron chi connectivity index (χ4n) is 5.23. The van der Waals surface area contributed by atoms with E-state index < -0.39 is 0 Å². The summed E-state index contributed by atoms with van der Waals surface area (Å²) in [6.07, 6.45) is 11.7. The molecule has 4 aliphatic rings. The molecule has 17 heavy (non-hydrogen) atoms. The van der Waals surface area contributed by atoms with Crippen molar-refractivity contribution in [3.63, 3.8) is 0 Å². The van der Waals surface area contributed by atoms with Crippen LogP contribution in [0.1, 0.15) is 58.3 Å². The number of fused-ring (bicyclic) bond motifs is 4. The van der Waals surface area contributed by atoms with Crippen LogP contribution in [0.4, 0.5) is 0 Å². The highest BCUT2D eigenvalue weighted by Gasteiger charge is 2.47. The fraction of sp³-hybridized carbons (Fsp3) is 0.875. The summed E-state index contributed by atoms with van der Waals surface area (Å²) in [6, 6.07) is 0.832. The highest BCUT2D eigenvalue weighted by atomic mass is 15.0. The predicted molar refractivity (Wildman–Crippen MR) is 70.5 cm³/mol. The lowest BCUT2D eigenvalue weighted by atomic mass is 9.70.